The van der Waals surface area contributed by atoms with E-state index in [1.807, 2.05) is 12.1 Å². The van der Waals surface area contributed by atoms with Crippen molar-refractivity contribution in [1.82, 2.24) is 0 Å². The van der Waals surface area contributed by atoms with E-state index in [0.29, 0.717) is 0 Å². The Morgan fingerprint density at radius 3 is 1.71 bits per heavy atom. The predicted octanol–water partition coefficient (Wildman–Crippen LogP) is 5.38. The summed E-state index contributed by atoms with van der Waals surface area (Å²) in [5.41, 5.74) is 0.830. The molecule has 0 amide bonds. The number of rotatable bonds is 13. The summed E-state index contributed by atoms with van der Waals surface area (Å²) in [4.78, 5) is 32.7. The Morgan fingerprint density at radius 1 is 0.607 bits per heavy atom. The fourth-order valence-corrected chi connectivity index (χ4v) is 5.84. The fraction of sp³-hybridized carbons (Fsp3) is 0.500. The summed E-state index contributed by atoms with van der Waals surface area (Å²) in [6.07, 6.45) is 13.4. The molecule has 0 aliphatic rings. The van der Waals surface area contributed by atoms with Gasteiger partial charge in [-0.2, -0.15) is 0 Å². The molecule has 0 unspecified atom stereocenters. The van der Waals surface area contributed by atoms with Crippen molar-refractivity contribution < 1.29 is 14.7 Å². The molecule has 0 spiro atoms. The Balaban J connectivity index is 1.86. The first-order valence-corrected chi connectivity index (χ1v) is 12.9. The van der Waals surface area contributed by atoms with Crippen LogP contribution in [0.3, 0.4) is 0 Å². The minimum absolute atomic E-state index is 0.184. The van der Waals surface area contributed by atoms with Crippen LogP contribution in [0.2, 0.25) is 0 Å². The molecule has 0 bridgehead atoms. The molecule has 3 N–H and O–H groups in total. The molecule has 4 heteroatoms. The van der Waals surface area contributed by atoms with Crippen molar-refractivity contribution >= 4 is 17.9 Å². The first-order chi connectivity index (χ1) is 13.4. The second-order valence-corrected chi connectivity index (χ2v) is 10.8. The van der Waals surface area contributed by atoms with Crippen LogP contribution >= 0.6 is 7.28 Å². The Morgan fingerprint density at radius 2 is 1.11 bits per heavy atom. The summed E-state index contributed by atoms with van der Waals surface area (Å²) in [5.74, 6) is 0. The van der Waals surface area contributed by atoms with Crippen molar-refractivity contribution in [3.8, 4) is 0 Å². The van der Waals surface area contributed by atoms with E-state index >= 15 is 0 Å². The zero-order valence-electron chi connectivity index (χ0n) is 17.3. The van der Waals surface area contributed by atoms with E-state index in [1.165, 1.54) is 51.4 Å². The zero-order chi connectivity index (χ0) is 20.3. The van der Waals surface area contributed by atoms with Gasteiger partial charge >= 0.3 is 157 Å². The molecule has 0 atom stereocenters. The second kappa shape index (κ2) is 11.1. The van der Waals surface area contributed by atoms with Gasteiger partial charge < -0.3 is 0 Å². The summed E-state index contributed by atoms with van der Waals surface area (Å²) in [6, 6.07) is 15.6. The summed E-state index contributed by atoms with van der Waals surface area (Å²) in [6.45, 7) is 2.25. The van der Waals surface area contributed by atoms with E-state index in [1.54, 1.807) is 42.5 Å². The second-order valence-electron chi connectivity index (χ2n) is 7.88. The molecular weight excluding hydrogens is 367 g/mol. The Hall–Kier alpha value is -1.25. The van der Waals surface area contributed by atoms with Gasteiger partial charge in [0.2, 0.25) is 0 Å². The SMILES string of the molecule is CCCCCCCCCCCCc1ccccc1P(O)(O)(O)c1ccccc1. The number of unbranched alkanes of at least 4 members (excludes halogenated alkanes) is 9. The van der Waals surface area contributed by atoms with Gasteiger partial charge in [-0.05, 0) is 0 Å². The van der Waals surface area contributed by atoms with Crippen molar-refractivity contribution in [2.45, 2.75) is 77.6 Å². The molecule has 0 fully saturated rings. The van der Waals surface area contributed by atoms with Crippen molar-refractivity contribution in [3.63, 3.8) is 0 Å². The molecule has 0 saturated carbocycles. The molecule has 2 aromatic rings. The average Bonchev–Trinajstić information content (AvgIpc) is 2.70. The third-order valence-electron chi connectivity index (χ3n) is 5.47. The number of hydrogen-bond donors (Lipinski definition) is 3. The van der Waals surface area contributed by atoms with Crippen LogP contribution < -0.4 is 10.6 Å². The molecule has 0 heterocycles. The molecule has 3 nitrogen and oxygen atoms in total. The third kappa shape index (κ3) is 6.67. The molecule has 28 heavy (non-hydrogen) atoms. The maximum absolute atomic E-state index is 10.9. The zero-order valence-corrected chi connectivity index (χ0v) is 18.2. The van der Waals surface area contributed by atoms with Gasteiger partial charge in [0, 0.05) is 0 Å². The molecule has 2 aromatic carbocycles. The van der Waals surface area contributed by atoms with Crippen LogP contribution in [-0.2, 0) is 6.42 Å². The molecule has 0 saturated heterocycles. The van der Waals surface area contributed by atoms with Gasteiger partial charge in [0.15, 0.2) is 0 Å². The predicted molar refractivity (Wildman–Crippen MR) is 121 cm³/mol. The van der Waals surface area contributed by atoms with Gasteiger partial charge in [-0.3, -0.25) is 0 Å². The van der Waals surface area contributed by atoms with Crippen LogP contribution in [0.1, 0.15) is 76.7 Å². The van der Waals surface area contributed by atoms with E-state index in [2.05, 4.69) is 6.92 Å². The topological polar surface area (TPSA) is 60.7 Å². The quantitative estimate of drug-likeness (QED) is 0.310. The van der Waals surface area contributed by atoms with Gasteiger partial charge in [-0.15, -0.1) is 0 Å². The molecule has 156 valence electrons. The van der Waals surface area contributed by atoms with Crippen LogP contribution in [0.25, 0.3) is 0 Å². The number of aryl methyl sites for hydroxylation is 1. The van der Waals surface area contributed by atoms with E-state index in [4.69, 9.17) is 0 Å². The molecule has 2 rings (SSSR count). The summed E-state index contributed by atoms with van der Waals surface area (Å²) in [5, 5.41) is 0.458. The third-order valence-corrected chi connectivity index (χ3v) is 8.04. The summed E-state index contributed by atoms with van der Waals surface area (Å²) in [7, 11) is -5.09. The standard InChI is InChI=1S/C24H37O3P/c1-2-3-4-5-6-7-8-9-10-12-17-22-18-15-16-21-24(22)28(25,26,27)23-19-13-11-14-20-23/h11,13-16,18-21,25-27H,2-10,12,17H2,1H3. The first-order valence-electron chi connectivity index (χ1n) is 10.8. The van der Waals surface area contributed by atoms with Gasteiger partial charge in [-0.1, -0.05) is 13.3 Å². The Bertz CT molecular complexity index is 692. The van der Waals surface area contributed by atoms with E-state index in [-0.39, 0.29) is 10.6 Å². The van der Waals surface area contributed by atoms with Crippen molar-refractivity contribution in [1.29, 1.82) is 0 Å². The van der Waals surface area contributed by atoms with Gasteiger partial charge in [0.1, 0.15) is 0 Å². The average molecular weight is 405 g/mol. The van der Waals surface area contributed by atoms with Crippen molar-refractivity contribution in [3.05, 3.63) is 60.2 Å². The summed E-state index contributed by atoms with van der Waals surface area (Å²) >= 11 is 0. The molecular formula is C24H37O3P. The van der Waals surface area contributed by atoms with Crippen LogP contribution in [0, 0.1) is 0 Å². The van der Waals surface area contributed by atoms with E-state index in [9.17, 15) is 14.7 Å². The van der Waals surface area contributed by atoms with Crippen LogP contribution in [0.5, 0.6) is 0 Å². The first kappa shape index (κ1) is 23.0. The van der Waals surface area contributed by atoms with E-state index < -0.39 is 7.28 Å². The van der Waals surface area contributed by atoms with Crippen LogP contribution in [-0.4, -0.2) is 14.7 Å². The van der Waals surface area contributed by atoms with Crippen LogP contribution in [0.15, 0.2) is 54.6 Å². The molecule has 0 aliphatic carbocycles. The Labute approximate surface area is 170 Å². The number of benzene rings is 2. The van der Waals surface area contributed by atoms with Crippen LogP contribution in [0.4, 0.5) is 0 Å². The van der Waals surface area contributed by atoms with Crippen molar-refractivity contribution in [2.24, 2.45) is 0 Å². The monoisotopic (exact) mass is 404 g/mol. The molecule has 0 aliphatic heterocycles. The van der Waals surface area contributed by atoms with E-state index in [0.717, 1.165) is 24.8 Å². The fourth-order valence-electron chi connectivity index (χ4n) is 3.77. The number of hydrogen-bond acceptors (Lipinski definition) is 3. The van der Waals surface area contributed by atoms with Gasteiger partial charge in [0.25, 0.3) is 0 Å². The normalized spacial score (nSPS) is 13.2. The van der Waals surface area contributed by atoms with Gasteiger partial charge in [-0.25, -0.2) is 0 Å². The summed E-state index contributed by atoms with van der Waals surface area (Å²) < 4.78 is 0. The molecule has 0 aromatic heterocycles. The van der Waals surface area contributed by atoms with Crippen molar-refractivity contribution in [2.75, 3.05) is 0 Å². The van der Waals surface area contributed by atoms with Gasteiger partial charge in [0.05, 0.1) is 0 Å². The minimum atomic E-state index is -5.09. The Kier molecular flexibility index (Phi) is 9.11. The molecule has 0 radical (unpaired) electrons. The maximum atomic E-state index is 10.9.